The number of nitrogens with two attached hydrogens (primary N) is 1. The summed E-state index contributed by atoms with van der Waals surface area (Å²) in [6, 6.07) is 4.86. The monoisotopic (exact) mass is 335 g/mol. The van der Waals surface area contributed by atoms with Crippen molar-refractivity contribution in [2.24, 2.45) is 0 Å². The Morgan fingerprint density at radius 2 is 2.12 bits per heavy atom. The average molecular weight is 335 g/mol. The third-order valence-electron chi connectivity index (χ3n) is 3.87. The lowest BCUT2D eigenvalue weighted by atomic mass is 10.1. The number of nitrogen functional groups attached to an aromatic ring is 1. The average Bonchev–Trinajstić information content (AvgIpc) is 2.84. The molecule has 1 aromatic rings. The van der Waals surface area contributed by atoms with Crippen molar-refractivity contribution in [2.75, 3.05) is 32.1 Å². The molecule has 0 radical (unpaired) electrons. The smallest absolute Gasteiger partial charge is 0.265 e. The Bertz CT molecular complexity index is 636. The summed E-state index contributed by atoms with van der Waals surface area (Å²) in [6.07, 6.45) is 0.620. The van der Waals surface area contributed by atoms with Gasteiger partial charge < -0.3 is 10.5 Å². The van der Waals surface area contributed by atoms with Crippen LogP contribution in [0.2, 0.25) is 0 Å². The predicted molar refractivity (Wildman–Crippen MR) is 84.6 cm³/mol. The van der Waals surface area contributed by atoms with Gasteiger partial charge in [-0.1, -0.05) is 18.2 Å². The number of hydroxylamine groups is 2. The molecule has 1 aromatic carbocycles. The molecule has 2 aliphatic heterocycles. The Labute approximate surface area is 140 Å². The van der Waals surface area contributed by atoms with Gasteiger partial charge in [-0.25, -0.2) is 9.74 Å². The SMILES string of the molecule is CCCOCCN1OCCC(N2C(=O)c3cccc(N)c3C2=O)O1. The standard InChI is InChI=1S/C16H21N3O5/c1-2-8-22-10-7-18-23-9-6-13(24-18)19-15(20)11-4-3-5-12(17)14(11)16(19)21/h3-5,13H,2,6-10,17H2,1H3. The molecule has 0 saturated carbocycles. The van der Waals surface area contributed by atoms with Gasteiger partial charge in [-0.05, 0) is 18.6 Å². The number of hydrogen-bond donors (Lipinski definition) is 1. The molecule has 2 aliphatic rings. The number of amides is 2. The van der Waals surface area contributed by atoms with Crippen molar-refractivity contribution in [3.63, 3.8) is 0 Å². The van der Waals surface area contributed by atoms with Crippen LogP contribution in [0.5, 0.6) is 0 Å². The number of fused-ring (bicyclic) bond motifs is 1. The zero-order chi connectivity index (χ0) is 17.1. The van der Waals surface area contributed by atoms with Gasteiger partial charge in [0.2, 0.25) is 0 Å². The van der Waals surface area contributed by atoms with Crippen LogP contribution in [-0.2, 0) is 14.4 Å². The summed E-state index contributed by atoms with van der Waals surface area (Å²) in [5.74, 6) is -0.821. The van der Waals surface area contributed by atoms with Crippen LogP contribution in [0.1, 0.15) is 40.5 Å². The molecule has 2 N–H and O–H groups in total. The van der Waals surface area contributed by atoms with Gasteiger partial charge in [-0.15, -0.1) is 0 Å². The molecule has 130 valence electrons. The van der Waals surface area contributed by atoms with Crippen LogP contribution in [0.15, 0.2) is 18.2 Å². The maximum atomic E-state index is 12.6. The second-order valence-corrected chi connectivity index (χ2v) is 5.60. The fourth-order valence-electron chi connectivity index (χ4n) is 2.74. The normalized spacial score (nSPS) is 21.4. The lowest BCUT2D eigenvalue weighted by Gasteiger charge is -2.34. The van der Waals surface area contributed by atoms with Gasteiger partial charge >= 0.3 is 0 Å². The summed E-state index contributed by atoms with van der Waals surface area (Å²) in [5.41, 5.74) is 6.70. The number of carbonyl (C=O) groups excluding carboxylic acids is 2. The first kappa shape index (κ1) is 16.8. The molecular formula is C16H21N3O5. The molecule has 0 aliphatic carbocycles. The van der Waals surface area contributed by atoms with Gasteiger partial charge in [-0.2, -0.15) is 0 Å². The maximum absolute atomic E-state index is 12.6. The minimum absolute atomic E-state index is 0.246. The first-order valence-electron chi connectivity index (χ1n) is 8.04. The summed E-state index contributed by atoms with van der Waals surface area (Å²) in [4.78, 5) is 37.3. The zero-order valence-corrected chi connectivity index (χ0v) is 13.6. The van der Waals surface area contributed by atoms with Gasteiger partial charge in [0.05, 0.1) is 30.9 Å². The second kappa shape index (κ2) is 7.27. The molecule has 8 nitrogen and oxygen atoms in total. The Kier molecular flexibility index (Phi) is 5.10. The van der Waals surface area contributed by atoms with E-state index in [4.69, 9.17) is 20.1 Å². The van der Waals surface area contributed by atoms with Gasteiger partial charge in [0.15, 0.2) is 6.23 Å². The van der Waals surface area contributed by atoms with Crippen LogP contribution in [0.4, 0.5) is 5.69 Å². The van der Waals surface area contributed by atoms with E-state index in [-0.39, 0.29) is 5.56 Å². The van der Waals surface area contributed by atoms with Gasteiger partial charge in [0.1, 0.15) is 0 Å². The van der Waals surface area contributed by atoms with Crippen molar-refractivity contribution >= 4 is 17.5 Å². The lowest BCUT2D eigenvalue weighted by molar-refractivity contribution is -0.425. The molecule has 1 saturated heterocycles. The second-order valence-electron chi connectivity index (χ2n) is 5.60. The third kappa shape index (κ3) is 3.13. The number of hydrogen-bond acceptors (Lipinski definition) is 7. The Hall–Kier alpha value is -2.00. The third-order valence-corrected chi connectivity index (χ3v) is 3.87. The van der Waals surface area contributed by atoms with Gasteiger partial charge in [0.25, 0.3) is 11.8 Å². The van der Waals surface area contributed by atoms with E-state index in [0.29, 0.717) is 44.0 Å². The van der Waals surface area contributed by atoms with Crippen LogP contribution < -0.4 is 5.73 Å². The number of anilines is 1. The highest BCUT2D eigenvalue weighted by molar-refractivity contribution is 6.23. The summed E-state index contributed by atoms with van der Waals surface area (Å²) >= 11 is 0. The van der Waals surface area contributed by atoms with E-state index in [2.05, 4.69) is 0 Å². The highest BCUT2D eigenvalue weighted by atomic mass is 17.0. The minimum atomic E-state index is -0.711. The van der Waals surface area contributed by atoms with Crippen molar-refractivity contribution < 1.29 is 24.0 Å². The minimum Gasteiger partial charge on any atom is -0.398 e. The number of imide groups is 1. The molecule has 1 unspecified atom stereocenters. The quantitative estimate of drug-likeness (QED) is 0.474. The summed E-state index contributed by atoms with van der Waals surface area (Å²) in [6.45, 7) is 3.87. The first-order chi connectivity index (χ1) is 11.6. The van der Waals surface area contributed by atoms with E-state index in [1.807, 2.05) is 6.92 Å². The molecule has 24 heavy (non-hydrogen) atoms. The predicted octanol–water partition coefficient (Wildman–Crippen LogP) is 1.19. The summed E-state index contributed by atoms with van der Waals surface area (Å²) < 4.78 is 5.39. The Morgan fingerprint density at radius 1 is 1.29 bits per heavy atom. The molecule has 2 amide bonds. The first-order valence-corrected chi connectivity index (χ1v) is 8.04. The van der Waals surface area contributed by atoms with Gasteiger partial charge in [-0.3, -0.25) is 14.4 Å². The fraction of sp³-hybridized carbons (Fsp3) is 0.500. The molecule has 3 rings (SSSR count). The van der Waals surface area contributed by atoms with E-state index < -0.39 is 18.0 Å². The highest BCUT2D eigenvalue weighted by Crippen LogP contribution is 2.31. The molecule has 1 atom stereocenters. The number of carbonyl (C=O) groups is 2. The van der Waals surface area contributed by atoms with Crippen molar-refractivity contribution in [1.29, 1.82) is 0 Å². The molecule has 2 heterocycles. The van der Waals surface area contributed by atoms with Crippen molar-refractivity contribution in [1.82, 2.24) is 10.1 Å². The van der Waals surface area contributed by atoms with Crippen LogP contribution in [-0.4, -0.2) is 54.5 Å². The fourth-order valence-corrected chi connectivity index (χ4v) is 2.74. The number of ether oxygens (including phenoxy) is 1. The number of rotatable bonds is 6. The lowest BCUT2D eigenvalue weighted by Crippen LogP contribution is -2.49. The van der Waals surface area contributed by atoms with Crippen LogP contribution >= 0.6 is 0 Å². The zero-order valence-electron chi connectivity index (χ0n) is 13.6. The van der Waals surface area contributed by atoms with Crippen molar-refractivity contribution in [3.05, 3.63) is 29.3 Å². The summed E-state index contributed by atoms with van der Waals surface area (Å²) in [5, 5.41) is 1.27. The maximum Gasteiger partial charge on any atom is 0.265 e. The Balaban J connectivity index is 1.67. The van der Waals surface area contributed by atoms with E-state index in [1.54, 1.807) is 18.2 Å². The molecule has 0 aromatic heterocycles. The topological polar surface area (TPSA) is 94.3 Å². The van der Waals surface area contributed by atoms with Crippen molar-refractivity contribution in [2.45, 2.75) is 26.0 Å². The largest absolute Gasteiger partial charge is 0.398 e. The van der Waals surface area contributed by atoms with Crippen LogP contribution in [0.25, 0.3) is 0 Å². The molecule has 8 heteroatoms. The van der Waals surface area contributed by atoms with Crippen molar-refractivity contribution in [3.8, 4) is 0 Å². The van der Waals surface area contributed by atoms with Gasteiger partial charge in [0, 0.05) is 18.7 Å². The summed E-state index contributed by atoms with van der Waals surface area (Å²) in [7, 11) is 0. The highest BCUT2D eigenvalue weighted by Gasteiger charge is 2.43. The van der Waals surface area contributed by atoms with Crippen LogP contribution in [0.3, 0.4) is 0 Å². The van der Waals surface area contributed by atoms with E-state index in [0.717, 1.165) is 11.3 Å². The molecule has 1 fully saturated rings. The number of nitrogens with zero attached hydrogens (tertiary/aromatic N) is 2. The number of benzene rings is 1. The van der Waals surface area contributed by atoms with Crippen LogP contribution in [0, 0.1) is 0 Å². The molecule has 0 bridgehead atoms. The van der Waals surface area contributed by atoms with E-state index in [1.165, 1.54) is 5.23 Å². The van der Waals surface area contributed by atoms with E-state index >= 15 is 0 Å². The molecule has 0 spiro atoms. The molecular weight excluding hydrogens is 314 g/mol. The van der Waals surface area contributed by atoms with E-state index in [9.17, 15) is 9.59 Å². The Morgan fingerprint density at radius 3 is 2.88 bits per heavy atom.